The van der Waals surface area contributed by atoms with Crippen LogP contribution in [0.1, 0.15) is 76.4 Å². The number of carbonyl (C=O) groups is 1. The van der Waals surface area contributed by atoms with Crippen molar-refractivity contribution in [3.8, 4) is 0 Å². The molecule has 12 heteroatoms. The Labute approximate surface area is 237 Å². The van der Waals surface area contributed by atoms with Gasteiger partial charge in [-0.2, -0.15) is 13.2 Å². The molecule has 2 aliphatic heterocycles. The van der Waals surface area contributed by atoms with Crippen LogP contribution in [0.5, 0.6) is 0 Å². The Kier molecular flexibility index (Phi) is 6.80. The molecule has 1 aromatic heterocycles. The van der Waals surface area contributed by atoms with E-state index in [9.17, 15) is 22.8 Å². The molecule has 220 valence electrons. The lowest BCUT2D eigenvalue weighted by molar-refractivity contribution is -0.185. The van der Waals surface area contributed by atoms with Crippen molar-refractivity contribution in [1.29, 1.82) is 0 Å². The van der Waals surface area contributed by atoms with Crippen LogP contribution in [0.2, 0.25) is 0 Å². The highest BCUT2D eigenvalue weighted by atomic mass is 19.4. The zero-order valence-electron chi connectivity index (χ0n) is 23.8. The van der Waals surface area contributed by atoms with E-state index in [1.165, 1.54) is 16.8 Å². The van der Waals surface area contributed by atoms with E-state index < -0.39 is 30.5 Å². The topological polar surface area (TPSA) is 94.5 Å². The average molecular weight is 572 g/mol. The fourth-order valence-electron chi connectivity index (χ4n) is 7.39. The molecule has 5 aliphatic rings. The second kappa shape index (κ2) is 9.86. The Bertz CT molecular complexity index is 1420. The molecule has 3 saturated carbocycles. The first kappa shape index (κ1) is 28.3. The van der Waals surface area contributed by atoms with Gasteiger partial charge in [-0.25, -0.2) is 4.98 Å². The fourth-order valence-corrected chi connectivity index (χ4v) is 7.39. The summed E-state index contributed by atoms with van der Waals surface area (Å²) in [7, 11) is -0.565. The summed E-state index contributed by atoms with van der Waals surface area (Å²) in [5.74, 6) is 0.863. The normalized spacial score (nSPS) is 30.3. The number of fused-ring (bicyclic) bond motifs is 1. The second-order valence-electron chi connectivity index (χ2n) is 12.8. The Morgan fingerprint density at radius 2 is 2.07 bits per heavy atom. The van der Waals surface area contributed by atoms with Gasteiger partial charge < -0.3 is 19.9 Å². The van der Waals surface area contributed by atoms with E-state index in [1.807, 2.05) is 6.92 Å². The zero-order chi connectivity index (χ0) is 29.3. The first-order valence-electron chi connectivity index (χ1n) is 14.5. The number of anilines is 1. The van der Waals surface area contributed by atoms with Crippen LogP contribution in [0.4, 0.5) is 18.9 Å². The maximum Gasteiger partial charge on any atom is 0.481 e. The monoisotopic (exact) mass is 572 g/mol. The van der Waals surface area contributed by atoms with E-state index in [-0.39, 0.29) is 41.2 Å². The first-order chi connectivity index (χ1) is 19.3. The Morgan fingerprint density at radius 3 is 2.78 bits per heavy atom. The number of aromatic nitrogens is 2. The van der Waals surface area contributed by atoms with Crippen LogP contribution in [0.15, 0.2) is 35.3 Å². The quantitative estimate of drug-likeness (QED) is 0.474. The van der Waals surface area contributed by atoms with Gasteiger partial charge in [0.25, 0.3) is 5.56 Å². The molecule has 1 aromatic carbocycles. The van der Waals surface area contributed by atoms with Crippen molar-refractivity contribution in [2.24, 2.45) is 17.3 Å². The minimum Gasteiger partial charge on any atom is -0.404 e. The lowest BCUT2D eigenvalue weighted by Gasteiger charge is -2.63. The van der Waals surface area contributed by atoms with Crippen molar-refractivity contribution in [3.05, 3.63) is 57.8 Å². The molecule has 0 spiro atoms. The van der Waals surface area contributed by atoms with Gasteiger partial charge in [-0.15, -0.1) is 0 Å². The molecular weight excluding hydrogens is 536 g/mol. The molecular formula is C29H36BF3N4O4. The summed E-state index contributed by atoms with van der Waals surface area (Å²) < 4.78 is 53.6. The highest BCUT2D eigenvalue weighted by Gasteiger charge is 2.67. The van der Waals surface area contributed by atoms with E-state index >= 15 is 0 Å². The largest absolute Gasteiger partial charge is 0.481 e. The van der Waals surface area contributed by atoms with Gasteiger partial charge in [-0.05, 0) is 67.6 Å². The lowest BCUT2D eigenvalue weighted by atomic mass is 9.45. The molecule has 41 heavy (non-hydrogen) atoms. The zero-order valence-corrected chi connectivity index (χ0v) is 23.8. The van der Waals surface area contributed by atoms with Gasteiger partial charge in [0.2, 0.25) is 5.91 Å². The molecule has 6 atom stereocenters. The number of aryl methyl sites for hydroxylation is 1. The number of halogens is 3. The fraction of sp³-hybridized carbons (Fsp3) is 0.621. The second-order valence-corrected chi connectivity index (χ2v) is 12.8. The number of amides is 1. The average Bonchev–Trinajstić information content (AvgIpc) is 3.52. The van der Waals surface area contributed by atoms with Crippen molar-refractivity contribution in [2.45, 2.75) is 96.2 Å². The molecule has 1 saturated heterocycles. The maximum atomic E-state index is 13.5. The predicted octanol–water partition coefficient (Wildman–Crippen LogP) is 4.52. The molecule has 8 nitrogen and oxygen atoms in total. The number of carbonyl (C=O) groups excluding carboxylic acids is 1. The summed E-state index contributed by atoms with van der Waals surface area (Å²) in [6.07, 6.45) is 0.486. The van der Waals surface area contributed by atoms with Gasteiger partial charge in [-0.3, -0.25) is 14.2 Å². The number of hydrogen-bond donors (Lipinski definition) is 2. The number of rotatable bonds is 7. The maximum absolute atomic E-state index is 13.5. The molecule has 3 heterocycles. The summed E-state index contributed by atoms with van der Waals surface area (Å²) in [5.41, 5.74) is -0.835. The molecule has 3 aliphatic carbocycles. The minimum absolute atomic E-state index is 0.00388. The van der Waals surface area contributed by atoms with Gasteiger partial charge in [0.05, 0.1) is 29.4 Å². The van der Waals surface area contributed by atoms with Gasteiger partial charge >= 0.3 is 13.3 Å². The van der Waals surface area contributed by atoms with E-state index in [2.05, 4.69) is 36.4 Å². The smallest absolute Gasteiger partial charge is 0.404 e. The molecule has 2 N–H and O–H groups in total. The SMILES string of the molecule is CC[C@H](NC(=O)C1CCc2ncc(NCc3cccc(C(F)(F)F)c3)c(=O)n21)B1OC2C3CC(C[C@]2(C)O1)C3(C)C. The van der Waals surface area contributed by atoms with E-state index in [0.29, 0.717) is 42.5 Å². The van der Waals surface area contributed by atoms with Crippen molar-refractivity contribution >= 4 is 18.7 Å². The molecule has 2 bridgehead atoms. The molecule has 2 aromatic rings. The summed E-state index contributed by atoms with van der Waals surface area (Å²) in [6, 6.07) is 4.17. The van der Waals surface area contributed by atoms with Gasteiger partial charge in [0, 0.05) is 13.0 Å². The van der Waals surface area contributed by atoms with Gasteiger partial charge in [-0.1, -0.05) is 32.9 Å². The Hall–Kier alpha value is -2.86. The van der Waals surface area contributed by atoms with Crippen LogP contribution in [-0.2, 0) is 33.2 Å². The number of hydrogen-bond acceptors (Lipinski definition) is 6. The first-order valence-corrected chi connectivity index (χ1v) is 14.5. The molecule has 4 fully saturated rings. The van der Waals surface area contributed by atoms with Crippen LogP contribution in [-0.4, -0.2) is 40.2 Å². The lowest BCUT2D eigenvalue weighted by Crippen LogP contribution is -2.63. The number of benzene rings is 1. The van der Waals surface area contributed by atoms with Crippen LogP contribution < -0.4 is 16.2 Å². The summed E-state index contributed by atoms with van der Waals surface area (Å²) in [5, 5.41) is 6.00. The Morgan fingerprint density at radius 1 is 1.29 bits per heavy atom. The summed E-state index contributed by atoms with van der Waals surface area (Å²) >= 11 is 0. The van der Waals surface area contributed by atoms with Gasteiger partial charge in [0.1, 0.15) is 17.6 Å². The Balaban J connectivity index is 1.15. The van der Waals surface area contributed by atoms with E-state index in [0.717, 1.165) is 25.0 Å². The third kappa shape index (κ3) is 4.76. The highest BCUT2D eigenvalue weighted by molar-refractivity contribution is 6.47. The highest BCUT2D eigenvalue weighted by Crippen LogP contribution is 2.64. The summed E-state index contributed by atoms with van der Waals surface area (Å²) in [4.78, 5) is 31.3. The molecule has 0 radical (unpaired) electrons. The van der Waals surface area contributed by atoms with Crippen molar-refractivity contribution < 1.29 is 27.3 Å². The molecule has 1 amide bonds. The predicted molar refractivity (Wildman–Crippen MR) is 147 cm³/mol. The summed E-state index contributed by atoms with van der Waals surface area (Å²) in [6.45, 7) is 8.69. The standard InChI is InChI=1S/C29H36BF3N4O4/c1-5-22(30-40-24-19-12-18(27(19,2)3)13-28(24,4)41-30)36-25(38)21-9-10-23-35-15-20(26(39)37(21)23)34-14-16-7-6-8-17(11-16)29(31,32)33/h6-8,11,15,18-19,21-22,24,34H,5,9-10,12-14H2,1-4H3,(H,36,38)/t18?,19?,21?,22-,24?,28-/m0/s1. The molecule has 7 rings (SSSR count). The minimum atomic E-state index is -4.46. The third-order valence-electron chi connectivity index (χ3n) is 9.99. The van der Waals surface area contributed by atoms with Crippen LogP contribution >= 0.6 is 0 Å². The van der Waals surface area contributed by atoms with Crippen molar-refractivity contribution in [1.82, 2.24) is 14.9 Å². The van der Waals surface area contributed by atoms with Crippen LogP contribution in [0.3, 0.4) is 0 Å². The third-order valence-corrected chi connectivity index (χ3v) is 9.99. The van der Waals surface area contributed by atoms with E-state index in [1.54, 1.807) is 6.07 Å². The number of nitrogens with zero attached hydrogens (tertiary/aromatic N) is 2. The van der Waals surface area contributed by atoms with Crippen LogP contribution in [0, 0.1) is 17.3 Å². The molecule has 4 unspecified atom stereocenters. The van der Waals surface area contributed by atoms with Crippen LogP contribution in [0.25, 0.3) is 0 Å². The number of alkyl halides is 3. The van der Waals surface area contributed by atoms with Crippen molar-refractivity contribution in [3.63, 3.8) is 0 Å². The number of nitrogens with one attached hydrogen (secondary N) is 2. The van der Waals surface area contributed by atoms with Crippen molar-refractivity contribution in [2.75, 3.05) is 5.32 Å². The van der Waals surface area contributed by atoms with Gasteiger partial charge in [0.15, 0.2) is 0 Å². The van der Waals surface area contributed by atoms with E-state index in [4.69, 9.17) is 9.31 Å².